The van der Waals surface area contributed by atoms with Gasteiger partial charge in [-0.25, -0.2) is 0 Å². The minimum atomic E-state index is 0.0647. The maximum atomic E-state index is 12.6. The molecule has 1 aromatic rings. The number of quaternary nitrogens is 1. The van der Waals surface area contributed by atoms with Crippen LogP contribution in [-0.2, 0) is 4.79 Å². The molecule has 2 heterocycles. The normalized spacial score (nSPS) is 28.4. The largest absolute Gasteiger partial charge is 0.337 e. The fraction of sp³-hybridized carbons (Fsp3) is 0.588. The third-order valence-corrected chi connectivity index (χ3v) is 4.80. The van der Waals surface area contributed by atoms with Crippen LogP contribution in [0.5, 0.6) is 0 Å². The molecular weight excluding hydrogens is 248 g/mol. The van der Waals surface area contributed by atoms with Crippen LogP contribution in [-0.4, -0.2) is 32.1 Å². The van der Waals surface area contributed by atoms with Crippen molar-refractivity contribution in [2.45, 2.75) is 39.2 Å². The van der Waals surface area contributed by atoms with Gasteiger partial charge in [-0.15, -0.1) is 0 Å². The summed E-state index contributed by atoms with van der Waals surface area (Å²) in [5.41, 5.74) is 3.85. The number of likely N-dealkylation sites (N-methyl/N-ethyl adjacent to an activating group) is 1. The molecule has 0 radical (unpaired) electrons. The third-order valence-electron chi connectivity index (χ3n) is 4.80. The van der Waals surface area contributed by atoms with E-state index in [1.807, 2.05) is 13.8 Å². The van der Waals surface area contributed by atoms with Gasteiger partial charge in [0.15, 0.2) is 0 Å². The zero-order valence-corrected chi connectivity index (χ0v) is 12.9. The van der Waals surface area contributed by atoms with Gasteiger partial charge in [0.1, 0.15) is 0 Å². The van der Waals surface area contributed by atoms with Crippen LogP contribution >= 0.6 is 0 Å². The number of amides is 1. The van der Waals surface area contributed by atoms with Gasteiger partial charge in [0.2, 0.25) is 5.91 Å². The van der Waals surface area contributed by atoms with Gasteiger partial charge < -0.3 is 9.80 Å². The number of rotatable bonds is 1. The minimum absolute atomic E-state index is 0.0647. The van der Waals surface area contributed by atoms with Crippen LogP contribution in [0.1, 0.15) is 37.3 Å². The Morgan fingerprint density at radius 1 is 1.40 bits per heavy atom. The van der Waals surface area contributed by atoms with E-state index in [4.69, 9.17) is 0 Å². The van der Waals surface area contributed by atoms with Gasteiger partial charge in [-0.1, -0.05) is 31.5 Å². The number of nitrogens with zero attached hydrogens (tertiary/aromatic N) is 1. The molecule has 1 unspecified atom stereocenters. The maximum Gasteiger partial charge on any atom is 0.229 e. The number of nitrogens with one attached hydrogen (secondary N) is 1. The van der Waals surface area contributed by atoms with E-state index in [1.54, 1.807) is 4.90 Å². The Balaban J connectivity index is 2.06. The van der Waals surface area contributed by atoms with E-state index in [0.29, 0.717) is 12.0 Å². The molecular formula is C17H25N2O+. The summed E-state index contributed by atoms with van der Waals surface area (Å²) in [5, 5.41) is 0. The second-order valence-corrected chi connectivity index (χ2v) is 6.80. The van der Waals surface area contributed by atoms with Crippen LogP contribution in [0.3, 0.4) is 0 Å². The Morgan fingerprint density at radius 3 is 2.85 bits per heavy atom. The Hall–Kier alpha value is -1.35. The SMILES string of the molecule is Cc1ccc2c(c1)[C@@H]1C[NH+](C)CC[C@@H]1N2C(=O)C(C)C. The Bertz CT molecular complexity index is 538. The van der Waals surface area contributed by atoms with Crippen LogP contribution in [0.15, 0.2) is 18.2 Å². The molecule has 1 fully saturated rings. The lowest BCUT2D eigenvalue weighted by molar-refractivity contribution is -0.886. The maximum absolute atomic E-state index is 12.6. The first-order valence-electron chi connectivity index (χ1n) is 7.74. The molecule has 2 aliphatic heterocycles. The number of carbonyl (C=O) groups is 1. The number of likely N-dealkylation sites (tertiary alicyclic amines) is 1. The average Bonchev–Trinajstić information content (AvgIpc) is 2.71. The number of fused-ring (bicyclic) bond motifs is 3. The number of anilines is 1. The van der Waals surface area contributed by atoms with Crippen molar-refractivity contribution in [1.82, 2.24) is 0 Å². The topological polar surface area (TPSA) is 24.8 Å². The summed E-state index contributed by atoms with van der Waals surface area (Å²) in [7, 11) is 2.26. The van der Waals surface area contributed by atoms with Gasteiger partial charge in [-0.05, 0) is 18.6 Å². The molecule has 1 amide bonds. The second kappa shape index (κ2) is 4.88. The first-order chi connectivity index (χ1) is 9.49. The lowest BCUT2D eigenvalue weighted by Crippen LogP contribution is -3.11. The van der Waals surface area contributed by atoms with E-state index in [-0.39, 0.29) is 11.8 Å². The summed E-state index contributed by atoms with van der Waals surface area (Å²) in [4.78, 5) is 16.3. The predicted molar refractivity (Wildman–Crippen MR) is 81.3 cm³/mol. The lowest BCUT2D eigenvalue weighted by Gasteiger charge is -2.35. The summed E-state index contributed by atoms with van der Waals surface area (Å²) in [6.07, 6.45) is 1.11. The molecule has 3 heteroatoms. The Labute approximate surface area is 121 Å². The zero-order valence-electron chi connectivity index (χ0n) is 12.9. The zero-order chi connectivity index (χ0) is 14.4. The van der Waals surface area contributed by atoms with Crippen LogP contribution in [0, 0.1) is 12.8 Å². The Morgan fingerprint density at radius 2 is 2.15 bits per heavy atom. The van der Waals surface area contributed by atoms with Crippen LogP contribution < -0.4 is 9.80 Å². The molecule has 1 aromatic carbocycles. The summed E-state index contributed by atoms with van der Waals surface area (Å²) >= 11 is 0. The van der Waals surface area contributed by atoms with Crippen molar-refractivity contribution >= 4 is 11.6 Å². The van der Waals surface area contributed by atoms with Crippen molar-refractivity contribution in [2.24, 2.45) is 5.92 Å². The van der Waals surface area contributed by atoms with Crippen molar-refractivity contribution in [2.75, 3.05) is 25.0 Å². The van der Waals surface area contributed by atoms with E-state index in [2.05, 4.69) is 37.1 Å². The number of carbonyl (C=O) groups excluding carboxylic acids is 1. The molecule has 3 nitrogen and oxygen atoms in total. The van der Waals surface area contributed by atoms with Crippen molar-refractivity contribution in [1.29, 1.82) is 0 Å². The van der Waals surface area contributed by atoms with Crippen molar-refractivity contribution < 1.29 is 9.69 Å². The number of piperidine rings is 1. The van der Waals surface area contributed by atoms with Crippen LogP contribution in [0.2, 0.25) is 0 Å². The average molecular weight is 273 g/mol. The molecule has 2 aliphatic rings. The molecule has 108 valence electrons. The van der Waals surface area contributed by atoms with Gasteiger partial charge in [0, 0.05) is 18.0 Å². The molecule has 3 rings (SSSR count). The third kappa shape index (κ3) is 2.05. The van der Waals surface area contributed by atoms with Crippen molar-refractivity contribution in [3.63, 3.8) is 0 Å². The summed E-state index contributed by atoms with van der Waals surface area (Å²) in [6, 6.07) is 6.95. The fourth-order valence-electron chi connectivity index (χ4n) is 3.76. The van der Waals surface area contributed by atoms with Gasteiger partial charge in [-0.3, -0.25) is 4.79 Å². The highest BCUT2D eigenvalue weighted by atomic mass is 16.2. The molecule has 1 N–H and O–H groups in total. The quantitative estimate of drug-likeness (QED) is 0.821. The highest BCUT2D eigenvalue weighted by Gasteiger charge is 2.45. The van der Waals surface area contributed by atoms with E-state index in [0.717, 1.165) is 19.5 Å². The summed E-state index contributed by atoms with van der Waals surface area (Å²) < 4.78 is 0. The van der Waals surface area contributed by atoms with Gasteiger partial charge in [0.25, 0.3) is 0 Å². The summed E-state index contributed by atoms with van der Waals surface area (Å²) in [5.74, 6) is 0.860. The van der Waals surface area contributed by atoms with Gasteiger partial charge in [-0.2, -0.15) is 0 Å². The molecule has 0 saturated carbocycles. The highest BCUT2D eigenvalue weighted by molar-refractivity contribution is 5.98. The van der Waals surface area contributed by atoms with E-state index < -0.39 is 0 Å². The Kier molecular flexibility index (Phi) is 3.33. The number of benzene rings is 1. The van der Waals surface area contributed by atoms with Crippen LogP contribution in [0.4, 0.5) is 5.69 Å². The van der Waals surface area contributed by atoms with Crippen LogP contribution in [0.25, 0.3) is 0 Å². The highest BCUT2D eigenvalue weighted by Crippen LogP contribution is 2.43. The molecule has 0 spiro atoms. The first kappa shape index (κ1) is 13.6. The number of hydrogen-bond donors (Lipinski definition) is 1. The van der Waals surface area contributed by atoms with E-state index >= 15 is 0 Å². The minimum Gasteiger partial charge on any atom is -0.337 e. The van der Waals surface area contributed by atoms with E-state index in [1.165, 1.54) is 16.8 Å². The number of aryl methyl sites for hydroxylation is 1. The molecule has 20 heavy (non-hydrogen) atoms. The smallest absolute Gasteiger partial charge is 0.229 e. The molecule has 3 atom stereocenters. The summed E-state index contributed by atoms with van der Waals surface area (Å²) in [6.45, 7) is 8.45. The first-order valence-corrected chi connectivity index (χ1v) is 7.74. The number of hydrogen-bond acceptors (Lipinski definition) is 1. The second-order valence-electron chi connectivity index (χ2n) is 6.80. The van der Waals surface area contributed by atoms with E-state index in [9.17, 15) is 4.79 Å². The van der Waals surface area contributed by atoms with Gasteiger partial charge in [0.05, 0.1) is 32.1 Å². The molecule has 0 bridgehead atoms. The van der Waals surface area contributed by atoms with Crippen molar-refractivity contribution in [3.05, 3.63) is 29.3 Å². The molecule has 1 saturated heterocycles. The monoisotopic (exact) mass is 273 g/mol. The molecule has 0 aliphatic carbocycles. The predicted octanol–water partition coefficient (Wildman–Crippen LogP) is 1.37. The standard InChI is InChI=1S/C17H24N2O/c1-11(2)17(20)19-15-6-5-12(3)9-13(15)14-10-18(4)8-7-16(14)19/h5-6,9,11,14,16H,7-8,10H2,1-4H3/p+1/t14-,16-/m0/s1. The lowest BCUT2D eigenvalue weighted by atomic mass is 9.88. The molecule has 0 aromatic heterocycles. The van der Waals surface area contributed by atoms with Gasteiger partial charge >= 0.3 is 0 Å². The fourth-order valence-corrected chi connectivity index (χ4v) is 3.76. The van der Waals surface area contributed by atoms with Crippen molar-refractivity contribution in [3.8, 4) is 0 Å².